The number of rotatable bonds is 5. The molecule has 1 fully saturated rings. The molecule has 1 aliphatic rings. The van der Waals surface area contributed by atoms with E-state index in [1.165, 1.54) is 0 Å². The highest BCUT2D eigenvalue weighted by atomic mass is 32.1. The number of likely N-dealkylation sites (tertiary alicyclic amines) is 1. The van der Waals surface area contributed by atoms with Gasteiger partial charge in [0, 0.05) is 42.9 Å². The zero-order chi connectivity index (χ0) is 18.5. The Labute approximate surface area is 158 Å². The number of benzene rings is 1. The molecule has 0 saturated carbocycles. The Morgan fingerprint density at radius 3 is 2.69 bits per heavy atom. The quantitative estimate of drug-likeness (QED) is 0.879. The molecule has 2 heterocycles. The minimum Gasteiger partial charge on any atom is -0.355 e. The Hall–Kier alpha value is -2.21. The minimum atomic E-state index is -0.00581. The summed E-state index contributed by atoms with van der Waals surface area (Å²) in [6.45, 7) is 5.86. The van der Waals surface area contributed by atoms with Gasteiger partial charge in [-0.05, 0) is 38.8 Å². The maximum atomic E-state index is 12.6. The van der Waals surface area contributed by atoms with Gasteiger partial charge in [0.05, 0.1) is 10.7 Å². The van der Waals surface area contributed by atoms with Gasteiger partial charge in [0.1, 0.15) is 0 Å². The van der Waals surface area contributed by atoms with Crippen LogP contribution in [0.4, 0.5) is 0 Å². The third kappa shape index (κ3) is 4.69. The van der Waals surface area contributed by atoms with E-state index in [4.69, 9.17) is 0 Å². The molecule has 0 spiro atoms. The number of aryl methyl sites for hydroxylation is 2. The van der Waals surface area contributed by atoms with Gasteiger partial charge < -0.3 is 10.2 Å². The molecule has 5 nitrogen and oxygen atoms in total. The van der Waals surface area contributed by atoms with Crippen LogP contribution in [0.3, 0.4) is 0 Å². The summed E-state index contributed by atoms with van der Waals surface area (Å²) in [5.74, 6) is 0.153. The van der Waals surface area contributed by atoms with Crippen LogP contribution in [0.15, 0.2) is 29.6 Å². The van der Waals surface area contributed by atoms with Gasteiger partial charge in [-0.25, -0.2) is 4.98 Å². The lowest BCUT2D eigenvalue weighted by atomic mass is 9.95. The van der Waals surface area contributed by atoms with E-state index in [0.717, 1.165) is 41.1 Å². The summed E-state index contributed by atoms with van der Waals surface area (Å²) in [6.07, 6.45) is 2.21. The minimum absolute atomic E-state index is 0.00581. The Morgan fingerprint density at radius 1 is 1.27 bits per heavy atom. The predicted molar refractivity (Wildman–Crippen MR) is 103 cm³/mol. The molecular formula is C20H25N3O2S. The number of piperidine rings is 1. The molecule has 1 aliphatic heterocycles. The van der Waals surface area contributed by atoms with Crippen LogP contribution in [0.1, 0.15) is 39.5 Å². The van der Waals surface area contributed by atoms with Crippen molar-refractivity contribution in [3.8, 4) is 0 Å². The van der Waals surface area contributed by atoms with Crippen LogP contribution in [0.2, 0.25) is 0 Å². The van der Waals surface area contributed by atoms with Crippen molar-refractivity contribution in [2.24, 2.45) is 5.92 Å². The molecule has 1 saturated heterocycles. The van der Waals surface area contributed by atoms with E-state index in [2.05, 4.69) is 10.3 Å². The van der Waals surface area contributed by atoms with Gasteiger partial charge in [0.25, 0.3) is 5.91 Å². The fourth-order valence-corrected chi connectivity index (χ4v) is 3.93. The van der Waals surface area contributed by atoms with Crippen LogP contribution >= 0.6 is 11.3 Å². The second kappa shape index (κ2) is 8.45. The maximum Gasteiger partial charge on any atom is 0.253 e. The van der Waals surface area contributed by atoms with Crippen LogP contribution in [0, 0.1) is 19.8 Å². The lowest BCUT2D eigenvalue weighted by molar-refractivity contribution is -0.126. The Kier molecular flexibility index (Phi) is 6.04. The average Bonchev–Trinajstić information content (AvgIpc) is 3.06. The van der Waals surface area contributed by atoms with Crippen molar-refractivity contribution in [2.45, 2.75) is 33.1 Å². The van der Waals surface area contributed by atoms with Gasteiger partial charge in [-0.2, -0.15) is 0 Å². The lowest BCUT2D eigenvalue weighted by Gasteiger charge is -2.31. The molecule has 26 heavy (non-hydrogen) atoms. The second-order valence-corrected chi connectivity index (χ2v) is 7.90. The van der Waals surface area contributed by atoms with Gasteiger partial charge in [-0.15, -0.1) is 11.3 Å². The van der Waals surface area contributed by atoms with Gasteiger partial charge in [0.15, 0.2) is 0 Å². The number of nitrogens with zero attached hydrogens (tertiary/aromatic N) is 2. The second-order valence-electron chi connectivity index (χ2n) is 6.83. The van der Waals surface area contributed by atoms with Crippen molar-refractivity contribution in [2.75, 3.05) is 19.6 Å². The molecule has 0 bridgehead atoms. The van der Waals surface area contributed by atoms with Gasteiger partial charge in [-0.1, -0.05) is 17.7 Å². The van der Waals surface area contributed by atoms with Crippen LogP contribution < -0.4 is 5.32 Å². The highest BCUT2D eigenvalue weighted by Gasteiger charge is 2.27. The smallest absolute Gasteiger partial charge is 0.253 e. The topological polar surface area (TPSA) is 62.3 Å². The van der Waals surface area contributed by atoms with Gasteiger partial charge >= 0.3 is 0 Å². The third-order valence-electron chi connectivity index (χ3n) is 4.76. The fourth-order valence-electron chi connectivity index (χ4n) is 3.29. The van der Waals surface area contributed by atoms with Crippen LogP contribution in [-0.4, -0.2) is 41.3 Å². The molecule has 138 valence electrons. The molecule has 3 rings (SSSR count). The standard InChI is InChI=1S/C20H25N3O2S/c1-14-4-3-5-17(12-14)20(25)23-10-7-16(8-11-23)19(24)21-9-6-18-13-26-15(2)22-18/h3-5,12-13,16H,6-11H2,1-2H3,(H,21,24). The Bertz CT molecular complexity index is 779. The summed E-state index contributed by atoms with van der Waals surface area (Å²) in [7, 11) is 0. The molecule has 0 radical (unpaired) electrons. The molecule has 1 N–H and O–H groups in total. The first kappa shape index (κ1) is 18.6. The van der Waals surface area contributed by atoms with E-state index in [0.29, 0.717) is 19.6 Å². The van der Waals surface area contributed by atoms with E-state index in [9.17, 15) is 9.59 Å². The van der Waals surface area contributed by atoms with Crippen molar-refractivity contribution in [3.63, 3.8) is 0 Å². The van der Waals surface area contributed by atoms with Crippen molar-refractivity contribution >= 4 is 23.2 Å². The summed E-state index contributed by atoms with van der Waals surface area (Å²) < 4.78 is 0. The molecule has 1 aromatic heterocycles. The number of amides is 2. The lowest BCUT2D eigenvalue weighted by Crippen LogP contribution is -2.43. The first-order valence-electron chi connectivity index (χ1n) is 9.07. The highest BCUT2D eigenvalue weighted by molar-refractivity contribution is 7.09. The third-order valence-corrected chi connectivity index (χ3v) is 5.59. The zero-order valence-electron chi connectivity index (χ0n) is 15.3. The van der Waals surface area contributed by atoms with E-state index >= 15 is 0 Å². The van der Waals surface area contributed by atoms with Crippen molar-refractivity contribution in [3.05, 3.63) is 51.5 Å². The molecule has 2 aromatic rings. The summed E-state index contributed by atoms with van der Waals surface area (Å²) in [5.41, 5.74) is 2.85. The molecule has 0 aliphatic carbocycles. The van der Waals surface area contributed by atoms with Crippen molar-refractivity contribution < 1.29 is 9.59 Å². The number of thiazole rings is 1. The summed E-state index contributed by atoms with van der Waals surface area (Å²) in [5, 5.41) is 6.11. The number of hydrogen-bond donors (Lipinski definition) is 1. The molecule has 2 amide bonds. The largest absolute Gasteiger partial charge is 0.355 e. The van der Waals surface area contributed by atoms with E-state index in [1.807, 2.05) is 48.4 Å². The van der Waals surface area contributed by atoms with Crippen LogP contribution in [0.25, 0.3) is 0 Å². The predicted octanol–water partition coefficient (Wildman–Crippen LogP) is 2.97. The molecule has 0 atom stereocenters. The fraction of sp³-hybridized carbons (Fsp3) is 0.450. The Morgan fingerprint density at radius 2 is 2.04 bits per heavy atom. The summed E-state index contributed by atoms with van der Waals surface area (Å²) >= 11 is 1.63. The zero-order valence-corrected chi connectivity index (χ0v) is 16.1. The SMILES string of the molecule is Cc1cccc(C(=O)N2CCC(C(=O)NCCc3csc(C)n3)CC2)c1. The van der Waals surface area contributed by atoms with E-state index in [1.54, 1.807) is 11.3 Å². The maximum absolute atomic E-state index is 12.6. The number of carbonyl (C=O) groups is 2. The number of hydrogen-bond acceptors (Lipinski definition) is 4. The first-order valence-corrected chi connectivity index (χ1v) is 9.95. The van der Waals surface area contributed by atoms with Crippen molar-refractivity contribution in [1.29, 1.82) is 0 Å². The molecular weight excluding hydrogens is 346 g/mol. The Balaban J connectivity index is 1.44. The van der Waals surface area contributed by atoms with Gasteiger partial charge in [0.2, 0.25) is 5.91 Å². The van der Waals surface area contributed by atoms with Crippen molar-refractivity contribution in [1.82, 2.24) is 15.2 Å². The molecule has 0 unspecified atom stereocenters. The van der Waals surface area contributed by atoms with Crippen LogP contribution in [-0.2, 0) is 11.2 Å². The van der Waals surface area contributed by atoms with Crippen LogP contribution in [0.5, 0.6) is 0 Å². The number of nitrogens with one attached hydrogen (secondary N) is 1. The van der Waals surface area contributed by atoms with Gasteiger partial charge in [-0.3, -0.25) is 9.59 Å². The van der Waals surface area contributed by atoms with E-state index < -0.39 is 0 Å². The first-order chi connectivity index (χ1) is 12.5. The number of aromatic nitrogens is 1. The molecule has 1 aromatic carbocycles. The highest BCUT2D eigenvalue weighted by Crippen LogP contribution is 2.20. The monoisotopic (exact) mass is 371 g/mol. The number of carbonyl (C=O) groups excluding carboxylic acids is 2. The summed E-state index contributed by atoms with van der Waals surface area (Å²) in [6, 6.07) is 7.67. The molecule has 6 heteroatoms. The normalized spacial score (nSPS) is 15.1. The average molecular weight is 372 g/mol. The van der Waals surface area contributed by atoms with E-state index in [-0.39, 0.29) is 17.7 Å². The summed E-state index contributed by atoms with van der Waals surface area (Å²) in [4.78, 5) is 31.2.